The first-order valence-electron chi connectivity index (χ1n) is 5.61. The second-order valence-corrected chi connectivity index (χ2v) is 4.53. The third-order valence-electron chi connectivity index (χ3n) is 3.33. The number of rotatable bonds is 0. The van der Waals surface area contributed by atoms with Crippen molar-refractivity contribution in [3.8, 4) is 0 Å². The molecule has 0 aliphatic heterocycles. The maximum Gasteiger partial charge on any atom is 0.0297 e. The molecule has 1 aromatic carbocycles. The van der Waals surface area contributed by atoms with Crippen molar-refractivity contribution in [1.82, 2.24) is 0 Å². The minimum atomic E-state index is 0.258. The molecule has 0 saturated heterocycles. The van der Waals surface area contributed by atoms with Crippen molar-refractivity contribution in [2.24, 2.45) is 11.7 Å². The van der Waals surface area contributed by atoms with Gasteiger partial charge in [-0.2, -0.15) is 0 Å². The van der Waals surface area contributed by atoms with Gasteiger partial charge in [-0.05, 0) is 42.7 Å². The fourth-order valence-electron chi connectivity index (χ4n) is 2.29. The van der Waals surface area contributed by atoms with E-state index < -0.39 is 0 Å². The third-order valence-corrected chi connectivity index (χ3v) is 3.33. The Labute approximate surface area is 86.3 Å². The molecular formula is C13H19N. The smallest absolute Gasteiger partial charge is 0.0297 e. The number of fused-ring (bicyclic) bond motifs is 1. The lowest BCUT2D eigenvalue weighted by Crippen LogP contribution is -2.16. The number of aryl methyl sites for hydroxylation is 1. The molecule has 1 nitrogen and oxygen atoms in total. The zero-order valence-corrected chi connectivity index (χ0v) is 8.87. The Hall–Kier alpha value is -0.820. The molecule has 1 aliphatic rings. The normalized spacial score (nSPS) is 27.6. The summed E-state index contributed by atoms with van der Waals surface area (Å²) in [4.78, 5) is 0. The molecule has 0 fully saturated rings. The quantitative estimate of drug-likeness (QED) is 0.667. The molecule has 0 heterocycles. The summed E-state index contributed by atoms with van der Waals surface area (Å²) < 4.78 is 0. The fourth-order valence-corrected chi connectivity index (χ4v) is 2.29. The maximum atomic E-state index is 6.18. The van der Waals surface area contributed by atoms with Crippen LogP contribution < -0.4 is 5.73 Å². The molecule has 0 saturated carbocycles. The van der Waals surface area contributed by atoms with Crippen LogP contribution in [0.15, 0.2) is 24.3 Å². The molecule has 2 N–H and O–H groups in total. The Balaban J connectivity index is 2.28. The summed E-state index contributed by atoms with van der Waals surface area (Å²) >= 11 is 0. The van der Waals surface area contributed by atoms with Crippen LogP contribution >= 0.6 is 0 Å². The Morgan fingerprint density at radius 1 is 1.14 bits per heavy atom. The van der Waals surface area contributed by atoms with Crippen LogP contribution in [0, 0.1) is 5.92 Å². The number of nitrogens with two attached hydrogens (primary N) is 1. The molecular weight excluding hydrogens is 170 g/mol. The molecule has 2 rings (SSSR count). The van der Waals surface area contributed by atoms with Gasteiger partial charge in [-0.15, -0.1) is 0 Å². The molecule has 76 valence electrons. The summed E-state index contributed by atoms with van der Waals surface area (Å²) in [5.41, 5.74) is 9.02. The van der Waals surface area contributed by atoms with Gasteiger partial charge >= 0.3 is 0 Å². The van der Waals surface area contributed by atoms with Crippen molar-refractivity contribution in [3.63, 3.8) is 0 Å². The van der Waals surface area contributed by atoms with E-state index in [1.807, 2.05) is 0 Å². The van der Waals surface area contributed by atoms with Gasteiger partial charge < -0.3 is 5.73 Å². The van der Waals surface area contributed by atoms with Crippen molar-refractivity contribution in [1.29, 1.82) is 0 Å². The Morgan fingerprint density at radius 3 is 2.79 bits per heavy atom. The predicted octanol–water partition coefficient (Wildman–Crippen LogP) is 3.05. The number of hydrogen-bond acceptors (Lipinski definition) is 1. The second kappa shape index (κ2) is 4.14. The minimum Gasteiger partial charge on any atom is -0.324 e. The highest BCUT2D eigenvalue weighted by Gasteiger charge is 2.16. The van der Waals surface area contributed by atoms with Crippen molar-refractivity contribution in [3.05, 3.63) is 35.4 Å². The molecule has 0 amide bonds. The predicted molar refractivity (Wildman–Crippen MR) is 60.1 cm³/mol. The van der Waals surface area contributed by atoms with Crippen LogP contribution in [0.4, 0.5) is 0 Å². The van der Waals surface area contributed by atoms with Gasteiger partial charge in [0.1, 0.15) is 0 Å². The zero-order valence-electron chi connectivity index (χ0n) is 8.87. The Bertz CT molecular complexity index is 306. The van der Waals surface area contributed by atoms with Crippen molar-refractivity contribution < 1.29 is 0 Å². The van der Waals surface area contributed by atoms with Crippen molar-refractivity contribution in [2.75, 3.05) is 0 Å². The lowest BCUT2D eigenvalue weighted by molar-refractivity contribution is 0.432. The highest BCUT2D eigenvalue weighted by Crippen LogP contribution is 2.28. The van der Waals surface area contributed by atoms with Gasteiger partial charge in [0.25, 0.3) is 0 Å². The summed E-state index contributed by atoms with van der Waals surface area (Å²) in [5.74, 6) is 0.828. The summed E-state index contributed by atoms with van der Waals surface area (Å²) in [6.45, 7) is 2.33. The lowest BCUT2D eigenvalue weighted by atomic mass is 9.86. The average molecular weight is 189 g/mol. The van der Waals surface area contributed by atoms with Crippen LogP contribution in [0.3, 0.4) is 0 Å². The van der Waals surface area contributed by atoms with E-state index in [-0.39, 0.29) is 6.04 Å². The van der Waals surface area contributed by atoms with Gasteiger partial charge in [0.2, 0.25) is 0 Å². The van der Waals surface area contributed by atoms with Crippen LogP contribution in [-0.2, 0) is 6.42 Å². The Morgan fingerprint density at radius 2 is 1.93 bits per heavy atom. The monoisotopic (exact) mass is 189 g/mol. The molecule has 1 aliphatic carbocycles. The summed E-state index contributed by atoms with van der Waals surface area (Å²) in [7, 11) is 0. The van der Waals surface area contributed by atoms with Gasteiger partial charge in [-0.25, -0.2) is 0 Å². The molecule has 1 unspecified atom stereocenters. The van der Waals surface area contributed by atoms with Crippen LogP contribution in [0.2, 0.25) is 0 Å². The first-order chi connectivity index (χ1) is 6.77. The van der Waals surface area contributed by atoms with Crippen LogP contribution in [0.1, 0.15) is 43.4 Å². The van der Waals surface area contributed by atoms with Crippen LogP contribution in [0.5, 0.6) is 0 Å². The molecule has 0 spiro atoms. The highest BCUT2D eigenvalue weighted by molar-refractivity contribution is 5.30. The minimum absolute atomic E-state index is 0.258. The van der Waals surface area contributed by atoms with E-state index in [0.29, 0.717) is 0 Å². The van der Waals surface area contributed by atoms with E-state index in [4.69, 9.17) is 5.73 Å². The van der Waals surface area contributed by atoms with E-state index in [1.165, 1.54) is 30.4 Å². The van der Waals surface area contributed by atoms with Gasteiger partial charge in [0.15, 0.2) is 0 Å². The average Bonchev–Trinajstić information content (AvgIpc) is 2.21. The maximum absolute atomic E-state index is 6.18. The summed E-state index contributed by atoms with van der Waals surface area (Å²) in [5, 5.41) is 0. The molecule has 0 bridgehead atoms. The first-order valence-corrected chi connectivity index (χ1v) is 5.61. The highest BCUT2D eigenvalue weighted by atomic mass is 14.6. The standard InChI is InChI=1S/C13H19N/c1-10-6-8-11-4-2-3-5-12(11)13(14)9-7-10/h2-5,10,13H,6-9,14H2,1H3/t10-,13?/m1/s1. The molecule has 14 heavy (non-hydrogen) atoms. The van der Waals surface area contributed by atoms with Crippen molar-refractivity contribution in [2.45, 2.75) is 38.6 Å². The number of hydrogen-bond donors (Lipinski definition) is 1. The summed E-state index contributed by atoms with van der Waals surface area (Å²) in [6.07, 6.45) is 4.92. The van der Waals surface area contributed by atoms with E-state index in [2.05, 4.69) is 31.2 Å². The second-order valence-electron chi connectivity index (χ2n) is 4.53. The van der Waals surface area contributed by atoms with Crippen LogP contribution in [-0.4, -0.2) is 0 Å². The number of benzene rings is 1. The molecule has 0 aromatic heterocycles. The van der Waals surface area contributed by atoms with E-state index in [1.54, 1.807) is 0 Å². The van der Waals surface area contributed by atoms with E-state index in [9.17, 15) is 0 Å². The van der Waals surface area contributed by atoms with Gasteiger partial charge in [0, 0.05) is 6.04 Å². The van der Waals surface area contributed by atoms with Gasteiger partial charge in [0.05, 0.1) is 0 Å². The first kappa shape index (κ1) is 9.72. The topological polar surface area (TPSA) is 26.0 Å². The summed E-state index contributed by atoms with van der Waals surface area (Å²) in [6, 6.07) is 8.90. The largest absolute Gasteiger partial charge is 0.324 e. The molecule has 0 radical (unpaired) electrons. The lowest BCUT2D eigenvalue weighted by Gasteiger charge is -2.22. The Kier molecular flexibility index (Phi) is 2.87. The van der Waals surface area contributed by atoms with E-state index >= 15 is 0 Å². The zero-order chi connectivity index (χ0) is 9.97. The fraction of sp³-hybridized carbons (Fsp3) is 0.538. The molecule has 2 atom stereocenters. The van der Waals surface area contributed by atoms with Gasteiger partial charge in [-0.1, -0.05) is 31.2 Å². The molecule has 1 heteroatoms. The van der Waals surface area contributed by atoms with Gasteiger partial charge in [-0.3, -0.25) is 0 Å². The third kappa shape index (κ3) is 1.98. The SMILES string of the molecule is C[C@@H]1CCc2ccccc2C(N)CC1. The van der Waals surface area contributed by atoms with E-state index in [0.717, 1.165) is 12.3 Å². The van der Waals surface area contributed by atoms with Crippen LogP contribution in [0.25, 0.3) is 0 Å². The van der Waals surface area contributed by atoms with Crippen molar-refractivity contribution >= 4 is 0 Å². The molecule has 1 aromatic rings.